The molecular weight excluding hydrogens is 424 g/mol. The number of nitrogens with one attached hydrogen (secondary N) is 2. The average Bonchev–Trinajstić information content (AvgIpc) is 2.69. The minimum absolute atomic E-state index is 0.0472. The molecule has 0 saturated carbocycles. The number of hydrazine groups is 1. The van der Waals surface area contributed by atoms with E-state index in [1.54, 1.807) is 0 Å². The second kappa shape index (κ2) is 9.39. The lowest BCUT2D eigenvalue weighted by Crippen LogP contribution is -2.43. The number of rotatable bonds is 6. The van der Waals surface area contributed by atoms with E-state index in [9.17, 15) is 22.8 Å². The zero-order chi connectivity index (χ0) is 21.6. The van der Waals surface area contributed by atoms with E-state index in [0.29, 0.717) is 5.02 Å². The maximum atomic E-state index is 12.1. The van der Waals surface area contributed by atoms with Crippen molar-refractivity contribution in [3.63, 3.8) is 0 Å². The molecule has 0 spiro atoms. The van der Waals surface area contributed by atoms with Crippen LogP contribution in [0.4, 0.5) is 0 Å². The van der Waals surface area contributed by atoms with Crippen LogP contribution < -0.4 is 15.6 Å². The summed E-state index contributed by atoms with van der Waals surface area (Å²) in [5, 5.41) is 0.304. The summed E-state index contributed by atoms with van der Waals surface area (Å²) in [7, 11) is -2.02. The molecule has 0 fully saturated rings. The van der Waals surface area contributed by atoms with Crippen LogP contribution in [0.15, 0.2) is 47.4 Å². The average molecular weight is 441 g/mol. The molecule has 2 rings (SSSR count). The third kappa shape index (κ3) is 6.19. The Bertz CT molecular complexity index is 1040. The van der Waals surface area contributed by atoms with Gasteiger partial charge in [-0.25, -0.2) is 13.2 Å². The van der Waals surface area contributed by atoms with E-state index >= 15 is 0 Å². The topological polar surface area (TPSA) is 128 Å². The second-order valence-corrected chi connectivity index (χ2v) is 8.17. The molecule has 0 saturated heterocycles. The molecule has 0 aliphatic rings. The molecule has 0 unspecified atom stereocenters. The fraction of sp³-hybridized carbons (Fsp3) is 0.167. The smallest absolute Gasteiger partial charge is 0.338 e. The molecule has 9 nitrogen and oxygen atoms in total. The summed E-state index contributed by atoms with van der Waals surface area (Å²) in [6.07, 6.45) is 1.04. The summed E-state index contributed by atoms with van der Waals surface area (Å²) in [5.74, 6) is -2.05. The Balaban J connectivity index is 1.87. The lowest BCUT2D eigenvalue weighted by Gasteiger charge is -2.11. The molecule has 0 aliphatic heterocycles. The minimum atomic E-state index is -3.39. The molecule has 154 valence electrons. The quantitative estimate of drug-likeness (QED) is 0.512. The second-order valence-electron chi connectivity index (χ2n) is 5.72. The number of hydrogen-bond donors (Lipinski definition) is 2. The Kier molecular flexibility index (Phi) is 7.18. The van der Waals surface area contributed by atoms with Crippen LogP contribution in [-0.2, 0) is 19.4 Å². The highest BCUT2D eigenvalue weighted by Gasteiger charge is 2.15. The zero-order valence-corrected chi connectivity index (χ0v) is 17.0. The van der Waals surface area contributed by atoms with Gasteiger partial charge < -0.3 is 9.47 Å². The van der Waals surface area contributed by atoms with Gasteiger partial charge in [-0.05, 0) is 42.5 Å². The lowest BCUT2D eigenvalue weighted by molar-refractivity contribution is -0.125. The van der Waals surface area contributed by atoms with Crippen LogP contribution >= 0.6 is 11.6 Å². The standard InChI is InChI=1S/C18H17ClN2O7S/c1-27-15-8-5-12(19)9-14(15)17(23)21-20-16(22)10-28-18(24)11-3-6-13(7-4-11)29(2,25)26/h3-9H,10H2,1-2H3,(H,20,22)(H,21,23). The number of ether oxygens (including phenoxy) is 2. The van der Waals surface area contributed by atoms with Crippen LogP contribution in [0.1, 0.15) is 20.7 Å². The molecule has 0 aliphatic carbocycles. The van der Waals surface area contributed by atoms with Crippen molar-refractivity contribution in [3.8, 4) is 5.75 Å². The maximum absolute atomic E-state index is 12.1. The summed E-state index contributed by atoms with van der Waals surface area (Å²) in [4.78, 5) is 35.9. The van der Waals surface area contributed by atoms with Gasteiger partial charge in [0, 0.05) is 11.3 Å². The Morgan fingerprint density at radius 1 is 1.03 bits per heavy atom. The number of hydrogen-bond acceptors (Lipinski definition) is 7. The number of carbonyl (C=O) groups excluding carboxylic acids is 3. The Labute approximate surface area is 171 Å². The SMILES string of the molecule is COc1ccc(Cl)cc1C(=O)NNC(=O)COC(=O)c1ccc(S(C)(=O)=O)cc1. The molecule has 0 heterocycles. The fourth-order valence-corrected chi connectivity index (χ4v) is 2.94. The number of amides is 2. The van der Waals surface area contributed by atoms with Crippen LogP contribution in [-0.4, -0.2) is 46.2 Å². The van der Waals surface area contributed by atoms with E-state index in [2.05, 4.69) is 10.9 Å². The van der Waals surface area contributed by atoms with Gasteiger partial charge in [0.1, 0.15) is 5.75 Å². The largest absolute Gasteiger partial charge is 0.496 e. The molecule has 0 radical (unpaired) electrons. The van der Waals surface area contributed by atoms with Crippen molar-refractivity contribution in [1.29, 1.82) is 0 Å². The summed E-state index contributed by atoms with van der Waals surface area (Å²) < 4.78 is 32.7. The van der Waals surface area contributed by atoms with E-state index in [-0.39, 0.29) is 21.8 Å². The highest BCUT2D eigenvalue weighted by atomic mass is 35.5. The van der Waals surface area contributed by atoms with Crippen molar-refractivity contribution < 1.29 is 32.3 Å². The number of benzene rings is 2. The molecule has 2 amide bonds. The monoisotopic (exact) mass is 440 g/mol. The van der Waals surface area contributed by atoms with Crippen molar-refractivity contribution in [2.75, 3.05) is 20.0 Å². The van der Waals surface area contributed by atoms with Crippen LogP contribution in [0, 0.1) is 0 Å². The van der Waals surface area contributed by atoms with Gasteiger partial charge in [0.05, 0.1) is 23.1 Å². The van der Waals surface area contributed by atoms with Crippen molar-refractivity contribution >= 4 is 39.2 Å². The van der Waals surface area contributed by atoms with E-state index in [0.717, 1.165) is 6.26 Å². The number of esters is 1. The van der Waals surface area contributed by atoms with E-state index < -0.39 is 34.2 Å². The molecule has 0 aromatic heterocycles. The van der Waals surface area contributed by atoms with Crippen molar-refractivity contribution in [2.24, 2.45) is 0 Å². The predicted molar refractivity (Wildman–Crippen MR) is 103 cm³/mol. The van der Waals surface area contributed by atoms with E-state index in [4.69, 9.17) is 21.1 Å². The van der Waals surface area contributed by atoms with Gasteiger partial charge in [-0.3, -0.25) is 20.4 Å². The van der Waals surface area contributed by atoms with E-state index in [1.807, 2.05) is 0 Å². The summed E-state index contributed by atoms with van der Waals surface area (Å²) in [5.41, 5.74) is 4.41. The molecule has 29 heavy (non-hydrogen) atoms. The highest BCUT2D eigenvalue weighted by molar-refractivity contribution is 7.90. The first kappa shape index (κ1) is 22.2. The first-order chi connectivity index (χ1) is 13.6. The summed E-state index contributed by atoms with van der Waals surface area (Å²) in [6.45, 7) is -0.667. The highest BCUT2D eigenvalue weighted by Crippen LogP contribution is 2.22. The molecule has 0 bridgehead atoms. The summed E-state index contributed by atoms with van der Waals surface area (Å²) >= 11 is 5.84. The van der Waals surface area contributed by atoms with E-state index in [1.165, 1.54) is 49.6 Å². The zero-order valence-electron chi connectivity index (χ0n) is 15.4. The Hall–Kier alpha value is -3.11. The van der Waals surface area contributed by atoms with Crippen molar-refractivity contribution in [2.45, 2.75) is 4.90 Å². The molecular formula is C18H17ClN2O7S. The lowest BCUT2D eigenvalue weighted by atomic mass is 10.2. The predicted octanol–water partition coefficient (Wildman–Crippen LogP) is 1.37. The van der Waals surface area contributed by atoms with Crippen LogP contribution in [0.3, 0.4) is 0 Å². The first-order valence-electron chi connectivity index (χ1n) is 8.02. The van der Waals surface area contributed by atoms with Crippen molar-refractivity contribution in [3.05, 3.63) is 58.6 Å². The summed E-state index contributed by atoms with van der Waals surface area (Å²) in [6, 6.07) is 9.44. The van der Waals surface area contributed by atoms with Gasteiger partial charge in [0.15, 0.2) is 16.4 Å². The minimum Gasteiger partial charge on any atom is -0.496 e. The Morgan fingerprint density at radius 2 is 1.69 bits per heavy atom. The number of carbonyl (C=O) groups is 3. The van der Waals surface area contributed by atoms with Crippen LogP contribution in [0.2, 0.25) is 5.02 Å². The van der Waals surface area contributed by atoms with Gasteiger partial charge in [-0.1, -0.05) is 11.6 Å². The Morgan fingerprint density at radius 3 is 2.28 bits per heavy atom. The molecule has 2 N–H and O–H groups in total. The normalized spacial score (nSPS) is 10.7. The molecule has 2 aromatic carbocycles. The number of methoxy groups -OCH3 is 1. The fourth-order valence-electron chi connectivity index (χ4n) is 2.14. The number of sulfone groups is 1. The van der Waals surface area contributed by atoms with Gasteiger partial charge in [0.2, 0.25) is 0 Å². The first-order valence-corrected chi connectivity index (χ1v) is 10.3. The van der Waals surface area contributed by atoms with Gasteiger partial charge >= 0.3 is 5.97 Å². The third-order valence-electron chi connectivity index (χ3n) is 3.57. The molecule has 2 aromatic rings. The van der Waals surface area contributed by atoms with Crippen molar-refractivity contribution in [1.82, 2.24) is 10.9 Å². The maximum Gasteiger partial charge on any atom is 0.338 e. The molecule has 0 atom stereocenters. The van der Waals surface area contributed by atoms with Gasteiger partial charge in [0.25, 0.3) is 11.8 Å². The van der Waals surface area contributed by atoms with Gasteiger partial charge in [-0.2, -0.15) is 0 Å². The third-order valence-corrected chi connectivity index (χ3v) is 4.94. The van der Waals surface area contributed by atoms with Crippen LogP contribution in [0.25, 0.3) is 0 Å². The molecule has 11 heteroatoms. The number of halogens is 1. The van der Waals surface area contributed by atoms with Crippen LogP contribution in [0.5, 0.6) is 5.75 Å². The van der Waals surface area contributed by atoms with Gasteiger partial charge in [-0.15, -0.1) is 0 Å².